The van der Waals surface area contributed by atoms with Crippen molar-refractivity contribution in [2.24, 2.45) is 9.98 Å². The molecule has 6 heteroatoms. The molecule has 0 saturated heterocycles. The third-order valence-electron chi connectivity index (χ3n) is 2.26. The second kappa shape index (κ2) is 4.75. The second-order valence-corrected chi connectivity index (χ2v) is 4.31. The molecule has 2 rings (SSSR count). The average Bonchev–Trinajstić information content (AvgIpc) is 2.29. The molecule has 17 heavy (non-hydrogen) atoms. The molecule has 0 aromatic heterocycles. The van der Waals surface area contributed by atoms with Crippen LogP contribution in [0.1, 0.15) is 6.92 Å². The van der Waals surface area contributed by atoms with E-state index in [9.17, 15) is 9.59 Å². The van der Waals surface area contributed by atoms with Gasteiger partial charge in [-0.1, -0.05) is 0 Å². The molecule has 88 valence electrons. The highest BCUT2D eigenvalue weighted by Crippen LogP contribution is 2.19. The van der Waals surface area contributed by atoms with E-state index in [4.69, 9.17) is 4.74 Å². The fourth-order valence-electron chi connectivity index (χ4n) is 1.50. The van der Waals surface area contributed by atoms with E-state index in [1.165, 1.54) is 12.4 Å². The molecule has 0 radical (unpaired) electrons. The van der Waals surface area contributed by atoms with Gasteiger partial charge in [-0.05, 0) is 28.9 Å². The van der Waals surface area contributed by atoms with Crippen LogP contribution in [-0.4, -0.2) is 36.3 Å². The minimum absolute atomic E-state index is 0.0517. The smallest absolute Gasteiger partial charge is 0.343 e. The topological polar surface area (TPSA) is 68.1 Å². The van der Waals surface area contributed by atoms with Gasteiger partial charge in [0.05, 0.1) is 12.3 Å². The fraction of sp³-hybridized carbons (Fsp3) is 0.273. The summed E-state index contributed by atoms with van der Waals surface area (Å²) >= 11 is 3.25. The van der Waals surface area contributed by atoms with Crippen LogP contribution in [0, 0.1) is 0 Å². The number of ketones is 1. The summed E-state index contributed by atoms with van der Waals surface area (Å²) in [6.45, 7) is 1.90. The minimum atomic E-state index is -0.722. The van der Waals surface area contributed by atoms with Gasteiger partial charge in [0.25, 0.3) is 0 Å². The zero-order valence-electron chi connectivity index (χ0n) is 9.01. The van der Waals surface area contributed by atoms with Crippen molar-refractivity contribution in [2.75, 3.05) is 6.61 Å². The maximum absolute atomic E-state index is 12.0. The summed E-state index contributed by atoms with van der Waals surface area (Å²) in [7, 11) is 0. The first-order valence-corrected chi connectivity index (χ1v) is 5.82. The molecule has 0 aliphatic carbocycles. The first-order chi connectivity index (χ1) is 8.13. The predicted octanol–water partition coefficient (Wildman–Crippen LogP) is 1.19. The van der Waals surface area contributed by atoms with Gasteiger partial charge in [-0.15, -0.1) is 0 Å². The number of allylic oxidation sites excluding steroid dienone is 1. The van der Waals surface area contributed by atoms with Crippen molar-refractivity contribution in [3.8, 4) is 0 Å². The Kier molecular flexibility index (Phi) is 3.33. The van der Waals surface area contributed by atoms with Crippen LogP contribution in [0.15, 0.2) is 32.3 Å². The monoisotopic (exact) mass is 296 g/mol. The van der Waals surface area contributed by atoms with Crippen molar-refractivity contribution in [1.29, 1.82) is 0 Å². The lowest BCUT2D eigenvalue weighted by atomic mass is 9.97. The van der Waals surface area contributed by atoms with Crippen molar-refractivity contribution in [2.45, 2.75) is 13.0 Å². The van der Waals surface area contributed by atoms with Crippen LogP contribution in [0.2, 0.25) is 0 Å². The second-order valence-electron chi connectivity index (χ2n) is 3.39. The number of Topliss-reactive ketones (excluding diaryl/α,β-unsaturated/α-hetero) is 1. The third-order valence-corrected chi connectivity index (χ3v) is 2.70. The zero-order chi connectivity index (χ0) is 12.4. The summed E-state index contributed by atoms with van der Waals surface area (Å²) in [5.41, 5.74) is 0.474. The Hall–Kier alpha value is -1.56. The highest BCUT2D eigenvalue weighted by atomic mass is 79.9. The molecule has 2 heterocycles. The van der Waals surface area contributed by atoms with Crippen LogP contribution in [0.25, 0.3) is 0 Å². The van der Waals surface area contributed by atoms with Gasteiger partial charge in [0.1, 0.15) is 5.57 Å². The van der Waals surface area contributed by atoms with E-state index in [-0.39, 0.29) is 18.0 Å². The lowest BCUT2D eigenvalue weighted by molar-refractivity contribution is -0.140. The van der Waals surface area contributed by atoms with E-state index >= 15 is 0 Å². The number of halogens is 1. The zero-order valence-corrected chi connectivity index (χ0v) is 10.6. The summed E-state index contributed by atoms with van der Waals surface area (Å²) in [5.74, 6) is -1.02. The number of hydrogen-bond donors (Lipinski definition) is 0. The highest BCUT2D eigenvalue weighted by Gasteiger charge is 2.33. The molecule has 0 N–H and O–H groups in total. The van der Waals surface area contributed by atoms with Gasteiger partial charge in [-0.25, -0.2) is 4.79 Å². The Morgan fingerprint density at radius 1 is 1.59 bits per heavy atom. The molecular formula is C11H9BrN2O3. The van der Waals surface area contributed by atoms with E-state index in [0.29, 0.717) is 5.71 Å². The van der Waals surface area contributed by atoms with Gasteiger partial charge >= 0.3 is 5.97 Å². The van der Waals surface area contributed by atoms with Crippen molar-refractivity contribution >= 4 is 39.6 Å². The van der Waals surface area contributed by atoms with Gasteiger partial charge in [0.15, 0.2) is 6.04 Å². The standard InChI is InChI=1S/C11H9BrN2O3/c1-2-17-11(16)7-5-13-8-3-6(12)4-14-9(8)10(7)15/h3-5,9H,2H2,1H3. The number of carbonyl (C=O) groups excluding carboxylic acids is 2. The Bertz CT molecular complexity index is 503. The predicted molar refractivity (Wildman–Crippen MR) is 66.4 cm³/mol. The largest absolute Gasteiger partial charge is 0.462 e. The van der Waals surface area contributed by atoms with Gasteiger partial charge < -0.3 is 4.74 Å². The quantitative estimate of drug-likeness (QED) is 0.568. The van der Waals surface area contributed by atoms with Gasteiger partial charge in [-0.3, -0.25) is 14.8 Å². The number of aliphatic imine (C=N–C) groups is 2. The molecule has 0 aromatic carbocycles. The van der Waals surface area contributed by atoms with E-state index in [1.54, 1.807) is 13.0 Å². The van der Waals surface area contributed by atoms with E-state index in [0.717, 1.165) is 4.48 Å². The maximum atomic E-state index is 12.0. The third kappa shape index (κ3) is 2.26. The van der Waals surface area contributed by atoms with Crippen molar-refractivity contribution in [1.82, 2.24) is 0 Å². The van der Waals surface area contributed by atoms with Crippen LogP contribution >= 0.6 is 15.9 Å². The van der Waals surface area contributed by atoms with Crippen LogP contribution in [-0.2, 0) is 14.3 Å². The average molecular weight is 297 g/mol. The van der Waals surface area contributed by atoms with Gasteiger partial charge in [0, 0.05) is 16.9 Å². The Morgan fingerprint density at radius 3 is 3.06 bits per heavy atom. The van der Waals surface area contributed by atoms with Crippen LogP contribution in [0.5, 0.6) is 0 Å². The summed E-state index contributed by atoms with van der Waals surface area (Å²) in [6, 6.07) is -0.722. The number of fused-ring (bicyclic) bond motifs is 1. The number of nitrogens with zero attached hydrogens (tertiary/aromatic N) is 2. The van der Waals surface area contributed by atoms with Crippen LogP contribution in [0.4, 0.5) is 0 Å². The molecule has 0 fully saturated rings. The molecule has 0 spiro atoms. The summed E-state index contributed by atoms with van der Waals surface area (Å²) in [5, 5.41) is 0. The molecule has 0 bridgehead atoms. The van der Waals surface area contributed by atoms with Crippen molar-refractivity contribution in [3.63, 3.8) is 0 Å². The highest BCUT2D eigenvalue weighted by molar-refractivity contribution is 9.12. The number of dihydropyridines is 1. The van der Waals surface area contributed by atoms with Crippen molar-refractivity contribution in [3.05, 3.63) is 22.3 Å². The normalized spacial score (nSPS) is 22.4. The number of hydrogen-bond acceptors (Lipinski definition) is 5. The van der Waals surface area contributed by atoms with Crippen LogP contribution in [0.3, 0.4) is 0 Å². The van der Waals surface area contributed by atoms with Gasteiger partial charge in [0.2, 0.25) is 5.78 Å². The number of ether oxygens (including phenoxy) is 1. The van der Waals surface area contributed by atoms with E-state index < -0.39 is 12.0 Å². The Balaban J connectivity index is 2.32. The van der Waals surface area contributed by atoms with E-state index in [2.05, 4.69) is 25.9 Å². The maximum Gasteiger partial charge on any atom is 0.343 e. The number of esters is 1. The molecular weight excluding hydrogens is 288 g/mol. The van der Waals surface area contributed by atoms with Gasteiger partial charge in [-0.2, -0.15) is 0 Å². The molecule has 2 aliphatic heterocycles. The van der Waals surface area contributed by atoms with E-state index in [1.807, 2.05) is 0 Å². The lowest BCUT2D eigenvalue weighted by Crippen LogP contribution is -2.35. The first kappa shape index (κ1) is 11.9. The molecule has 0 aromatic rings. The minimum Gasteiger partial charge on any atom is -0.462 e. The summed E-state index contributed by atoms with van der Waals surface area (Å²) < 4.78 is 5.52. The molecule has 1 atom stereocenters. The molecule has 1 unspecified atom stereocenters. The molecule has 2 aliphatic rings. The molecule has 0 amide bonds. The Morgan fingerprint density at radius 2 is 2.35 bits per heavy atom. The Labute approximate surface area is 106 Å². The molecule has 5 nitrogen and oxygen atoms in total. The molecule has 0 saturated carbocycles. The van der Waals surface area contributed by atoms with Crippen LogP contribution < -0.4 is 0 Å². The number of carbonyl (C=O) groups is 2. The summed E-state index contributed by atoms with van der Waals surface area (Å²) in [6.07, 6.45) is 4.47. The number of rotatable bonds is 2. The fourth-order valence-corrected chi connectivity index (χ4v) is 1.85. The summed E-state index contributed by atoms with van der Waals surface area (Å²) in [4.78, 5) is 31.6. The van der Waals surface area contributed by atoms with Crippen molar-refractivity contribution < 1.29 is 14.3 Å². The SMILES string of the molecule is CCOC(=O)C1=CN=C2C=C(Br)C=NC2C1=O. The first-order valence-electron chi connectivity index (χ1n) is 5.03. The lowest BCUT2D eigenvalue weighted by Gasteiger charge is -2.19.